The Balaban J connectivity index is 1.77. The minimum absolute atomic E-state index is 0.104. The molecule has 2 heterocycles. The minimum atomic E-state index is -0.336. The lowest BCUT2D eigenvalue weighted by atomic mass is 9.95. The van der Waals surface area contributed by atoms with Gasteiger partial charge in [0.25, 0.3) is 5.91 Å². The third kappa shape index (κ3) is 4.21. The zero-order chi connectivity index (χ0) is 22.5. The van der Waals surface area contributed by atoms with Gasteiger partial charge in [-0.2, -0.15) is 5.10 Å². The fourth-order valence-corrected chi connectivity index (χ4v) is 4.14. The summed E-state index contributed by atoms with van der Waals surface area (Å²) in [4.78, 5) is 15.2. The van der Waals surface area contributed by atoms with Crippen LogP contribution in [0.3, 0.4) is 0 Å². The van der Waals surface area contributed by atoms with Crippen molar-refractivity contribution in [1.82, 2.24) is 15.1 Å². The Morgan fingerprint density at radius 2 is 1.97 bits per heavy atom. The molecule has 0 saturated carbocycles. The molecule has 0 spiro atoms. The molecule has 0 aliphatic carbocycles. The van der Waals surface area contributed by atoms with Gasteiger partial charge in [-0.15, -0.1) is 0 Å². The summed E-state index contributed by atoms with van der Waals surface area (Å²) in [5.74, 6) is 0.802. The molecule has 0 saturated heterocycles. The number of hydrogen-bond donors (Lipinski definition) is 2. The number of hydrogen-bond acceptors (Lipinski definition) is 5. The topological polar surface area (TPSA) is 87.7 Å². The smallest absolute Gasteiger partial charge is 0.273 e. The largest absolute Gasteiger partial charge is 0.507 e. The molecule has 0 radical (unpaired) electrons. The second-order valence-electron chi connectivity index (χ2n) is 7.90. The summed E-state index contributed by atoms with van der Waals surface area (Å²) in [5.41, 5.74) is 3.36. The number of carbonyl (C=O) groups is 1. The number of unbranched alkanes of at least 4 members (excludes halogenated alkanes) is 1. The number of nitrogens with one attached hydrogen (secondary N) is 1. The van der Waals surface area contributed by atoms with Crippen molar-refractivity contribution in [2.75, 3.05) is 26.9 Å². The molecule has 168 valence electrons. The molecular weight excluding hydrogens is 406 g/mol. The van der Waals surface area contributed by atoms with Gasteiger partial charge >= 0.3 is 0 Å². The lowest BCUT2D eigenvalue weighted by molar-refractivity contribution is 0.0723. The maximum atomic E-state index is 13.3. The number of phenolic OH excluding ortho intramolecular Hbond substituents is 1. The normalized spacial score (nSPS) is 15.2. The highest BCUT2D eigenvalue weighted by Crippen LogP contribution is 2.44. The van der Waals surface area contributed by atoms with Gasteiger partial charge in [-0.25, -0.2) is 0 Å². The molecule has 2 N–H and O–H groups in total. The van der Waals surface area contributed by atoms with E-state index in [0.717, 1.165) is 36.1 Å². The number of nitrogens with zero attached hydrogens (tertiary/aromatic N) is 2. The quantitative estimate of drug-likeness (QED) is 0.457. The van der Waals surface area contributed by atoms with Gasteiger partial charge in [0.2, 0.25) is 0 Å². The van der Waals surface area contributed by atoms with Crippen LogP contribution in [0, 0.1) is 0 Å². The molecule has 7 heteroatoms. The van der Waals surface area contributed by atoms with Gasteiger partial charge in [0.05, 0.1) is 12.6 Å². The van der Waals surface area contributed by atoms with E-state index in [9.17, 15) is 9.90 Å². The van der Waals surface area contributed by atoms with Crippen LogP contribution < -0.4 is 4.74 Å². The van der Waals surface area contributed by atoms with Gasteiger partial charge in [0.1, 0.15) is 22.9 Å². The van der Waals surface area contributed by atoms with Crippen molar-refractivity contribution < 1.29 is 19.4 Å². The lowest BCUT2D eigenvalue weighted by Crippen LogP contribution is -2.31. The summed E-state index contributed by atoms with van der Waals surface area (Å²) >= 11 is 0. The van der Waals surface area contributed by atoms with E-state index in [2.05, 4.69) is 17.1 Å². The highest BCUT2D eigenvalue weighted by Gasteiger charge is 2.42. The summed E-state index contributed by atoms with van der Waals surface area (Å²) < 4.78 is 11.1. The molecule has 0 fully saturated rings. The molecule has 0 unspecified atom stereocenters. The third-order valence-electron chi connectivity index (χ3n) is 5.71. The van der Waals surface area contributed by atoms with E-state index in [0.29, 0.717) is 36.7 Å². The number of aromatic nitrogens is 2. The number of H-pyrrole nitrogens is 1. The minimum Gasteiger partial charge on any atom is -0.507 e. The van der Waals surface area contributed by atoms with Crippen molar-refractivity contribution in [3.63, 3.8) is 0 Å². The first kappa shape index (κ1) is 21.9. The highest BCUT2D eigenvalue weighted by atomic mass is 16.5. The molecule has 1 atom stereocenters. The molecule has 4 rings (SSSR count). The molecule has 1 aliphatic rings. The molecule has 1 aliphatic heterocycles. The van der Waals surface area contributed by atoms with E-state index in [4.69, 9.17) is 9.47 Å². The van der Waals surface area contributed by atoms with Gasteiger partial charge in [-0.3, -0.25) is 9.89 Å². The number of amides is 1. The zero-order valence-corrected chi connectivity index (χ0v) is 18.5. The van der Waals surface area contributed by atoms with Crippen LogP contribution in [0.15, 0.2) is 48.5 Å². The predicted molar refractivity (Wildman–Crippen MR) is 122 cm³/mol. The van der Waals surface area contributed by atoms with Crippen LogP contribution in [0.5, 0.6) is 11.5 Å². The van der Waals surface area contributed by atoms with E-state index in [-0.39, 0.29) is 17.7 Å². The van der Waals surface area contributed by atoms with Crippen molar-refractivity contribution in [2.24, 2.45) is 0 Å². The van der Waals surface area contributed by atoms with Gasteiger partial charge in [0, 0.05) is 31.4 Å². The van der Waals surface area contributed by atoms with E-state index in [1.165, 1.54) is 0 Å². The van der Waals surface area contributed by atoms with Crippen LogP contribution in [-0.4, -0.2) is 53.0 Å². The number of benzene rings is 2. The molecular formula is C25H29N3O4. The second-order valence-corrected chi connectivity index (χ2v) is 7.90. The maximum Gasteiger partial charge on any atom is 0.273 e. The van der Waals surface area contributed by atoms with Gasteiger partial charge < -0.3 is 19.5 Å². The van der Waals surface area contributed by atoms with E-state index >= 15 is 0 Å². The van der Waals surface area contributed by atoms with Crippen LogP contribution in [0.1, 0.15) is 53.8 Å². The van der Waals surface area contributed by atoms with Gasteiger partial charge in [0.15, 0.2) is 0 Å². The van der Waals surface area contributed by atoms with Crippen molar-refractivity contribution in [1.29, 1.82) is 0 Å². The number of ether oxygens (including phenoxy) is 2. The van der Waals surface area contributed by atoms with Crippen molar-refractivity contribution >= 4 is 5.91 Å². The summed E-state index contributed by atoms with van der Waals surface area (Å²) in [6.45, 7) is 3.89. The number of aromatic hydroxyl groups is 1. The number of methoxy groups -OCH3 is 1. The SMILES string of the molecule is CCCCOc1cccc([C@@H]2c3c(-c4ccccc4O)n[nH]c3C(=O)N2CCCOC)c1. The standard InChI is InChI=1S/C25H29N3O4/c1-3-4-15-32-18-10-7-9-17(16-18)24-21-22(19-11-5-6-12-20(19)29)26-27-23(21)25(30)28(24)13-8-14-31-2/h5-7,9-12,16,24,29H,3-4,8,13-15H2,1-2H3,(H,26,27)/t24-/m1/s1. The summed E-state index contributed by atoms with van der Waals surface area (Å²) in [6.07, 6.45) is 2.76. The van der Waals surface area contributed by atoms with Crippen LogP contribution in [-0.2, 0) is 4.74 Å². The Morgan fingerprint density at radius 3 is 2.75 bits per heavy atom. The average Bonchev–Trinajstić information content (AvgIpc) is 3.34. The van der Waals surface area contributed by atoms with Gasteiger partial charge in [-0.05, 0) is 42.7 Å². The van der Waals surface area contributed by atoms with Crippen molar-refractivity contribution in [3.8, 4) is 22.8 Å². The predicted octanol–water partition coefficient (Wildman–Crippen LogP) is 4.54. The zero-order valence-electron chi connectivity index (χ0n) is 18.5. The van der Waals surface area contributed by atoms with E-state index in [1.54, 1.807) is 19.2 Å². The Bertz CT molecular complexity index is 1080. The van der Waals surface area contributed by atoms with Crippen LogP contribution in [0.2, 0.25) is 0 Å². The van der Waals surface area contributed by atoms with Gasteiger partial charge in [-0.1, -0.05) is 37.6 Å². The third-order valence-corrected chi connectivity index (χ3v) is 5.71. The first-order valence-corrected chi connectivity index (χ1v) is 11.0. The molecule has 0 bridgehead atoms. The first-order chi connectivity index (χ1) is 15.7. The van der Waals surface area contributed by atoms with Crippen molar-refractivity contribution in [3.05, 3.63) is 65.4 Å². The number of rotatable bonds is 10. The Labute approximate surface area is 188 Å². The monoisotopic (exact) mass is 435 g/mol. The molecule has 3 aromatic rings. The summed E-state index contributed by atoms with van der Waals surface area (Å²) in [5, 5.41) is 17.8. The Morgan fingerprint density at radius 1 is 1.12 bits per heavy atom. The average molecular weight is 436 g/mol. The second kappa shape index (κ2) is 9.87. The number of carbonyl (C=O) groups excluding carboxylic acids is 1. The number of para-hydroxylation sites is 1. The number of aromatic amines is 1. The number of fused-ring (bicyclic) bond motifs is 1. The molecule has 7 nitrogen and oxygen atoms in total. The first-order valence-electron chi connectivity index (χ1n) is 11.0. The summed E-state index contributed by atoms with van der Waals surface area (Å²) in [6, 6.07) is 14.6. The van der Waals surface area contributed by atoms with Crippen LogP contribution in [0.25, 0.3) is 11.3 Å². The Kier molecular flexibility index (Phi) is 6.75. The Hall–Kier alpha value is -3.32. The van der Waals surface area contributed by atoms with Crippen LogP contribution in [0.4, 0.5) is 0 Å². The maximum absolute atomic E-state index is 13.3. The van der Waals surface area contributed by atoms with Crippen molar-refractivity contribution in [2.45, 2.75) is 32.2 Å². The molecule has 2 aromatic carbocycles. The fourth-order valence-electron chi connectivity index (χ4n) is 4.14. The molecule has 1 amide bonds. The van der Waals surface area contributed by atoms with Crippen LogP contribution >= 0.6 is 0 Å². The van der Waals surface area contributed by atoms with E-state index in [1.807, 2.05) is 41.3 Å². The lowest BCUT2D eigenvalue weighted by Gasteiger charge is -2.26. The molecule has 32 heavy (non-hydrogen) atoms. The summed E-state index contributed by atoms with van der Waals surface area (Å²) in [7, 11) is 1.66. The van der Waals surface area contributed by atoms with E-state index < -0.39 is 0 Å². The fraction of sp³-hybridized carbons (Fsp3) is 0.360. The number of phenols is 1. The highest BCUT2D eigenvalue weighted by molar-refractivity contribution is 6.00. The molecule has 1 aromatic heterocycles.